The molecule has 1 fully saturated rings. The molecule has 0 unspecified atom stereocenters. The summed E-state index contributed by atoms with van der Waals surface area (Å²) in [5, 5.41) is 0. The van der Waals surface area contributed by atoms with Crippen molar-refractivity contribution in [1.29, 1.82) is 0 Å². The number of sulfonamides is 1. The molecule has 0 N–H and O–H groups in total. The molecule has 0 spiro atoms. The molecule has 1 aliphatic rings. The number of thiophene rings is 1. The van der Waals surface area contributed by atoms with Crippen LogP contribution in [0, 0.1) is 12.8 Å². The minimum absolute atomic E-state index is 0.455. The van der Waals surface area contributed by atoms with Gasteiger partial charge >= 0.3 is 0 Å². The van der Waals surface area contributed by atoms with Crippen molar-refractivity contribution in [3.63, 3.8) is 0 Å². The number of hydrogen-bond donors (Lipinski definition) is 0. The van der Waals surface area contributed by atoms with Crippen LogP contribution in [0.3, 0.4) is 0 Å². The molecule has 3 nitrogen and oxygen atoms in total. The van der Waals surface area contributed by atoms with Gasteiger partial charge in [0.1, 0.15) is 0 Å². The van der Waals surface area contributed by atoms with Crippen molar-refractivity contribution in [2.75, 3.05) is 13.1 Å². The third-order valence-electron chi connectivity index (χ3n) is 2.97. The first-order chi connectivity index (χ1) is 7.95. The van der Waals surface area contributed by atoms with Crippen LogP contribution in [0.5, 0.6) is 0 Å². The molecular formula is C11H16BrNO2S2. The van der Waals surface area contributed by atoms with Crippen molar-refractivity contribution >= 4 is 37.3 Å². The molecule has 1 aliphatic carbocycles. The number of hydrogen-bond acceptors (Lipinski definition) is 3. The van der Waals surface area contributed by atoms with E-state index in [2.05, 4.69) is 15.9 Å². The molecular weight excluding hydrogens is 322 g/mol. The van der Waals surface area contributed by atoms with Crippen LogP contribution in [-0.2, 0) is 10.0 Å². The van der Waals surface area contributed by atoms with E-state index in [0.29, 0.717) is 23.9 Å². The van der Waals surface area contributed by atoms with E-state index in [0.717, 1.165) is 8.66 Å². The van der Waals surface area contributed by atoms with E-state index in [1.165, 1.54) is 24.2 Å². The fourth-order valence-electron chi connectivity index (χ4n) is 1.81. The minimum Gasteiger partial charge on any atom is -0.207 e. The Bertz CT molecular complexity index is 506. The first kappa shape index (κ1) is 13.5. The van der Waals surface area contributed by atoms with Gasteiger partial charge in [-0.15, -0.1) is 11.3 Å². The average molecular weight is 338 g/mol. The fraction of sp³-hybridized carbons (Fsp3) is 0.636. The quantitative estimate of drug-likeness (QED) is 0.827. The maximum atomic E-state index is 12.5. The number of aryl methyl sites for hydroxylation is 1. The smallest absolute Gasteiger partial charge is 0.207 e. The summed E-state index contributed by atoms with van der Waals surface area (Å²) in [7, 11) is -3.30. The third kappa shape index (κ3) is 2.92. The third-order valence-corrected chi connectivity index (χ3v) is 6.72. The van der Waals surface area contributed by atoms with Gasteiger partial charge in [0.25, 0.3) is 0 Å². The molecule has 6 heteroatoms. The van der Waals surface area contributed by atoms with Gasteiger partial charge in [-0.3, -0.25) is 0 Å². The molecule has 1 heterocycles. The van der Waals surface area contributed by atoms with Gasteiger partial charge in [-0.1, -0.05) is 6.92 Å². The predicted octanol–water partition coefficient (Wildman–Crippen LogP) is 3.24. The Balaban J connectivity index is 2.29. The number of halogens is 1. The highest BCUT2D eigenvalue weighted by Gasteiger charge is 2.32. The second kappa shape index (κ2) is 4.99. The van der Waals surface area contributed by atoms with E-state index in [-0.39, 0.29) is 0 Å². The Morgan fingerprint density at radius 1 is 1.53 bits per heavy atom. The first-order valence-electron chi connectivity index (χ1n) is 5.71. The van der Waals surface area contributed by atoms with Gasteiger partial charge in [0, 0.05) is 18.0 Å². The van der Waals surface area contributed by atoms with Gasteiger partial charge in [-0.25, -0.2) is 8.42 Å². The molecule has 1 saturated carbocycles. The van der Waals surface area contributed by atoms with Crippen LogP contribution in [-0.4, -0.2) is 25.8 Å². The van der Waals surface area contributed by atoms with Crippen molar-refractivity contribution in [3.8, 4) is 0 Å². The van der Waals surface area contributed by atoms with Gasteiger partial charge in [-0.2, -0.15) is 4.31 Å². The maximum absolute atomic E-state index is 12.5. The van der Waals surface area contributed by atoms with E-state index < -0.39 is 10.0 Å². The van der Waals surface area contributed by atoms with E-state index in [1.807, 2.05) is 13.8 Å². The zero-order valence-electron chi connectivity index (χ0n) is 9.94. The normalized spacial score (nSPS) is 16.7. The number of nitrogens with zero attached hydrogens (tertiary/aromatic N) is 1. The maximum Gasteiger partial charge on any atom is 0.244 e. The largest absolute Gasteiger partial charge is 0.244 e. The van der Waals surface area contributed by atoms with Crippen LogP contribution >= 0.6 is 27.3 Å². The highest BCUT2D eigenvalue weighted by Crippen LogP contribution is 2.34. The Morgan fingerprint density at radius 3 is 2.59 bits per heavy atom. The van der Waals surface area contributed by atoms with Crippen LogP contribution in [0.15, 0.2) is 14.7 Å². The van der Waals surface area contributed by atoms with Crippen molar-refractivity contribution < 1.29 is 8.42 Å². The van der Waals surface area contributed by atoms with E-state index in [4.69, 9.17) is 0 Å². The lowest BCUT2D eigenvalue weighted by molar-refractivity contribution is 0.412. The molecule has 17 heavy (non-hydrogen) atoms. The Labute approximate surface area is 115 Å². The van der Waals surface area contributed by atoms with Crippen LogP contribution < -0.4 is 0 Å². The fourth-order valence-corrected chi connectivity index (χ4v) is 5.72. The van der Waals surface area contributed by atoms with Crippen molar-refractivity contribution in [3.05, 3.63) is 14.7 Å². The Morgan fingerprint density at radius 2 is 2.18 bits per heavy atom. The van der Waals surface area contributed by atoms with Gasteiger partial charge in [0.05, 0.1) is 8.68 Å². The standard InChI is InChI=1S/C11H16BrNO2S2/c1-3-13(7-9-4-5-9)17(14,15)10-6-11(12)16-8(10)2/h6,9H,3-5,7H2,1-2H3. The summed E-state index contributed by atoms with van der Waals surface area (Å²) in [6, 6.07) is 1.71. The van der Waals surface area contributed by atoms with Crippen LogP contribution in [0.1, 0.15) is 24.6 Å². The summed E-state index contributed by atoms with van der Waals surface area (Å²) in [6.45, 7) is 4.97. The van der Waals surface area contributed by atoms with Gasteiger partial charge in [-0.05, 0) is 47.7 Å². The van der Waals surface area contributed by atoms with Crippen molar-refractivity contribution in [1.82, 2.24) is 4.31 Å². The zero-order valence-corrected chi connectivity index (χ0v) is 13.2. The summed E-state index contributed by atoms with van der Waals surface area (Å²) in [4.78, 5) is 1.31. The van der Waals surface area contributed by atoms with E-state index in [9.17, 15) is 8.42 Å². The SMILES string of the molecule is CCN(CC1CC1)S(=O)(=O)c1cc(Br)sc1C. The molecule has 0 aliphatic heterocycles. The summed E-state index contributed by atoms with van der Waals surface area (Å²) >= 11 is 4.81. The Hall–Kier alpha value is 0.0900. The van der Waals surface area contributed by atoms with Gasteiger partial charge in [0.2, 0.25) is 10.0 Å². The molecule has 0 saturated heterocycles. The molecule has 2 rings (SSSR count). The lowest BCUT2D eigenvalue weighted by atomic mass is 10.4. The zero-order chi connectivity index (χ0) is 12.6. The van der Waals surface area contributed by atoms with Crippen LogP contribution in [0.2, 0.25) is 0 Å². The summed E-state index contributed by atoms with van der Waals surface area (Å²) in [5.41, 5.74) is 0. The second-order valence-corrected chi connectivity index (χ2v) is 8.91. The topological polar surface area (TPSA) is 37.4 Å². The van der Waals surface area contributed by atoms with Crippen molar-refractivity contribution in [2.24, 2.45) is 5.92 Å². The average Bonchev–Trinajstić information content (AvgIpc) is 2.99. The predicted molar refractivity (Wildman–Crippen MR) is 73.9 cm³/mol. The summed E-state index contributed by atoms with van der Waals surface area (Å²) in [5.74, 6) is 0.576. The molecule has 0 bridgehead atoms. The molecule has 0 amide bonds. The summed E-state index contributed by atoms with van der Waals surface area (Å²) in [6.07, 6.45) is 2.33. The molecule has 0 radical (unpaired) electrons. The number of rotatable bonds is 5. The monoisotopic (exact) mass is 337 g/mol. The van der Waals surface area contributed by atoms with Gasteiger partial charge in [0.15, 0.2) is 0 Å². The molecule has 96 valence electrons. The lowest BCUT2D eigenvalue weighted by Crippen LogP contribution is -2.32. The highest BCUT2D eigenvalue weighted by molar-refractivity contribution is 9.11. The van der Waals surface area contributed by atoms with E-state index in [1.54, 1.807) is 10.4 Å². The van der Waals surface area contributed by atoms with Crippen LogP contribution in [0.25, 0.3) is 0 Å². The van der Waals surface area contributed by atoms with Gasteiger partial charge < -0.3 is 0 Å². The summed E-state index contributed by atoms with van der Waals surface area (Å²) < 4.78 is 27.4. The molecule has 1 aromatic rings. The van der Waals surface area contributed by atoms with E-state index >= 15 is 0 Å². The highest BCUT2D eigenvalue weighted by atomic mass is 79.9. The molecule has 1 aromatic heterocycles. The van der Waals surface area contributed by atoms with Crippen LogP contribution in [0.4, 0.5) is 0 Å². The lowest BCUT2D eigenvalue weighted by Gasteiger charge is -2.20. The first-order valence-corrected chi connectivity index (χ1v) is 8.76. The van der Waals surface area contributed by atoms with Crippen molar-refractivity contribution in [2.45, 2.75) is 31.6 Å². The molecule has 0 aromatic carbocycles. The minimum atomic E-state index is -3.30. The molecule has 0 atom stereocenters. The second-order valence-electron chi connectivity index (χ2n) is 4.37. The Kier molecular flexibility index (Phi) is 3.97.